The molecule has 2 heterocycles. The fraction of sp³-hybridized carbons (Fsp3) is 0.450. The summed E-state index contributed by atoms with van der Waals surface area (Å²) < 4.78 is 39.5. The zero-order valence-corrected chi connectivity index (χ0v) is 18.0. The molecule has 0 aliphatic carbocycles. The van der Waals surface area contributed by atoms with E-state index in [2.05, 4.69) is 5.32 Å². The molecule has 8 nitrogen and oxygen atoms in total. The van der Waals surface area contributed by atoms with Gasteiger partial charge >= 0.3 is 0 Å². The van der Waals surface area contributed by atoms with Crippen LogP contribution >= 0.6 is 0 Å². The second-order valence-electron chi connectivity index (χ2n) is 7.30. The quantitative estimate of drug-likeness (QED) is 0.775. The second-order valence-corrected chi connectivity index (χ2v) is 9.24. The van der Waals surface area contributed by atoms with Crippen LogP contribution in [0, 0.1) is 5.92 Å². The minimum atomic E-state index is -3.63. The Hall–Kier alpha value is -2.52. The minimum Gasteiger partial charge on any atom is -0.497 e. The molecule has 1 atom stereocenters. The summed E-state index contributed by atoms with van der Waals surface area (Å²) in [5.41, 5.74) is 0.709. The molecule has 0 saturated carbocycles. The molecule has 9 heteroatoms. The fourth-order valence-corrected chi connectivity index (χ4v) is 5.17. The molecule has 1 aromatic heterocycles. The van der Waals surface area contributed by atoms with Gasteiger partial charge in [-0.05, 0) is 37.0 Å². The van der Waals surface area contributed by atoms with Gasteiger partial charge in [-0.15, -0.1) is 0 Å². The lowest BCUT2D eigenvalue weighted by atomic mass is 10.0. The molecule has 0 unspecified atom stereocenters. The number of amides is 1. The molecule has 3 rings (SSSR count). The number of hydrogen-bond donors (Lipinski definition) is 1. The number of carbonyl (C=O) groups is 1. The third kappa shape index (κ3) is 4.40. The Bertz CT molecular complexity index is 1000. The van der Waals surface area contributed by atoms with Crippen LogP contribution in [0.3, 0.4) is 0 Å². The van der Waals surface area contributed by atoms with Crippen LogP contribution in [0.15, 0.2) is 35.4 Å². The highest BCUT2D eigenvalue weighted by Crippen LogP contribution is 2.30. The fourth-order valence-electron chi connectivity index (χ4n) is 3.50. The van der Waals surface area contributed by atoms with Gasteiger partial charge < -0.3 is 19.4 Å². The van der Waals surface area contributed by atoms with Crippen molar-refractivity contribution in [2.75, 3.05) is 32.6 Å². The lowest BCUT2D eigenvalue weighted by molar-refractivity contribution is 0.101. The molecule has 1 amide bonds. The number of anilines is 1. The van der Waals surface area contributed by atoms with E-state index in [0.717, 1.165) is 12.8 Å². The van der Waals surface area contributed by atoms with Crippen LogP contribution in [0.25, 0.3) is 0 Å². The van der Waals surface area contributed by atoms with Crippen molar-refractivity contribution in [3.8, 4) is 11.5 Å². The summed E-state index contributed by atoms with van der Waals surface area (Å²) >= 11 is 0. The smallest absolute Gasteiger partial charge is 0.272 e. The number of carbonyl (C=O) groups excluding carboxylic acids is 1. The van der Waals surface area contributed by atoms with Gasteiger partial charge in [-0.1, -0.05) is 6.92 Å². The number of piperidine rings is 1. The van der Waals surface area contributed by atoms with Gasteiger partial charge in [0.2, 0.25) is 10.0 Å². The topological polar surface area (TPSA) is 89.9 Å². The number of hydrogen-bond acceptors (Lipinski definition) is 5. The molecule has 1 N–H and O–H groups in total. The van der Waals surface area contributed by atoms with Gasteiger partial charge in [0.15, 0.2) is 0 Å². The van der Waals surface area contributed by atoms with Crippen molar-refractivity contribution < 1.29 is 22.7 Å². The maximum atomic E-state index is 13.0. The van der Waals surface area contributed by atoms with Crippen LogP contribution < -0.4 is 14.8 Å². The summed E-state index contributed by atoms with van der Waals surface area (Å²) in [6.07, 6.45) is 3.35. The lowest BCUT2D eigenvalue weighted by Crippen LogP contribution is -2.38. The average Bonchev–Trinajstić information content (AvgIpc) is 3.11. The van der Waals surface area contributed by atoms with Crippen molar-refractivity contribution in [1.29, 1.82) is 0 Å². The van der Waals surface area contributed by atoms with E-state index in [4.69, 9.17) is 9.47 Å². The minimum absolute atomic E-state index is 0.126. The molecule has 1 aromatic carbocycles. The summed E-state index contributed by atoms with van der Waals surface area (Å²) in [4.78, 5) is 12.9. The van der Waals surface area contributed by atoms with Gasteiger partial charge in [-0.25, -0.2) is 8.42 Å². The van der Waals surface area contributed by atoms with E-state index in [0.29, 0.717) is 36.2 Å². The number of aryl methyl sites for hydroxylation is 1. The predicted octanol–water partition coefficient (Wildman–Crippen LogP) is 2.72. The molecule has 1 aliphatic rings. The molecule has 1 saturated heterocycles. The normalized spacial score (nSPS) is 17.7. The Morgan fingerprint density at radius 1 is 1.21 bits per heavy atom. The Kier molecular flexibility index (Phi) is 6.18. The summed E-state index contributed by atoms with van der Waals surface area (Å²) in [6.45, 7) is 3.06. The zero-order valence-electron chi connectivity index (χ0n) is 17.1. The zero-order chi connectivity index (χ0) is 21.2. The Balaban J connectivity index is 1.84. The molecule has 158 valence electrons. The average molecular weight is 422 g/mol. The third-order valence-corrected chi connectivity index (χ3v) is 6.96. The maximum Gasteiger partial charge on any atom is 0.272 e. The Morgan fingerprint density at radius 3 is 2.62 bits per heavy atom. The van der Waals surface area contributed by atoms with Crippen LogP contribution in [0.2, 0.25) is 0 Å². The first-order valence-corrected chi connectivity index (χ1v) is 10.9. The van der Waals surface area contributed by atoms with E-state index in [-0.39, 0.29) is 10.6 Å². The monoisotopic (exact) mass is 421 g/mol. The molecular weight excluding hydrogens is 394 g/mol. The second kappa shape index (κ2) is 8.46. The van der Waals surface area contributed by atoms with E-state index in [9.17, 15) is 13.2 Å². The van der Waals surface area contributed by atoms with Crippen molar-refractivity contribution in [1.82, 2.24) is 8.87 Å². The first-order valence-electron chi connectivity index (χ1n) is 9.46. The molecule has 2 aromatic rings. The van der Waals surface area contributed by atoms with Crippen LogP contribution in [0.1, 0.15) is 30.3 Å². The molecule has 0 spiro atoms. The number of aromatic nitrogens is 1. The van der Waals surface area contributed by atoms with E-state index >= 15 is 0 Å². The van der Waals surface area contributed by atoms with Crippen LogP contribution in [0.4, 0.5) is 5.69 Å². The number of rotatable bonds is 6. The molecular formula is C20H27N3O5S. The van der Waals surface area contributed by atoms with E-state index < -0.39 is 15.9 Å². The Morgan fingerprint density at radius 2 is 1.97 bits per heavy atom. The summed E-state index contributed by atoms with van der Waals surface area (Å²) in [5.74, 6) is 0.946. The van der Waals surface area contributed by atoms with Crippen molar-refractivity contribution in [3.05, 3.63) is 36.2 Å². The number of methoxy groups -OCH3 is 2. The summed E-state index contributed by atoms with van der Waals surface area (Å²) in [7, 11) is 1.06. The molecule has 1 fully saturated rings. The first kappa shape index (κ1) is 21.2. The number of ether oxygens (including phenoxy) is 2. The van der Waals surface area contributed by atoms with Gasteiger partial charge in [-0.3, -0.25) is 4.79 Å². The van der Waals surface area contributed by atoms with Gasteiger partial charge in [0.1, 0.15) is 22.1 Å². The molecule has 29 heavy (non-hydrogen) atoms. The van der Waals surface area contributed by atoms with E-state index in [1.165, 1.54) is 28.2 Å². The van der Waals surface area contributed by atoms with Gasteiger partial charge in [0.05, 0.1) is 19.9 Å². The number of benzene rings is 1. The third-order valence-electron chi connectivity index (χ3n) is 5.13. The number of nitrogens with one attached hydrogen (secondary N) is 1. The van der Waals surface area contributed by atoms with Crippen molar-refractivity contribution in [2.45, 2.75) is 24.7 Å². The lowest BCUT2D eigenvalue weighted by Gasteiger charge is -2.29. The standard InChI is InChI=1S/C20H27N3O5S/c1-14-6-5-9-23(12-14)29(25,26)16-11-18(22(2)13-16)20(24)21-17-8-7-15(27-3)10-19(17)28-4/h7-8,10-11,13-14H,5-6,9,12H2,1-4H3,(H,21,24)/t14-/m0/s1. The van der Waals surface area contributed by atoms with Crippen LogP contribution in [-0.4, -0.2) is 50.5 Å². The van der Waals surface area contributed by atoms with Crippen molar-refractivity contribution >= 4 is 21.6 Å². The predicted molar refractivity (Wildman–Crippen MR) is 110 cm³/mol. The van der Waals surface area contributed by atoms with Gasteiger partial charge in [-0.2, -0.15) is 4.31 Å². The van der Waals surface area contributed by atoms with Crippen LogP contribution in [0.5, 0.6) is 11.5 Å². The van der Waals surface area contributed by atoms with Gasteiger partial charge in [0.25, 0.3) is 5.91 Å². The summed E-state index contributed by atoms with van der Waals surface area (Å²) in [5, 5.41) is 2.77. The van der Waals surface area contributed by atoms with Crippen molar-refractivity contribution in [2.24, 2.45) is 13.0 Å². The highest BCUT2D eigenvalue weighted by atomic mass is 32.2. The number of sulfonamides is 1. The molecule has 0 bridgehead atoms. The van der Waals surface area contributed by atoms with Crippen molar-refractivity contribution in [3.63, 3.8) is 0 Å². The van der Waals surface area contributed by atoms with E-state index in [1.54, 1.807) is 32.4 Å². The summed E-state index contributed by atoms with van der Waals surface area (Å²) in [6, 6.07) is 6.45. The first-order chi connectivity index (χ1) is 13.8. The number of nitrogens with zero attached hydrogens (tertiary/aromatic N) is 2. The largest absolute Gasteiger partial charge is 0.497 e. The highest BCUT2D eigenvalue weighted by Gasteiger charge is 2.30. The van der Waals surface area contributed by atoms with E-state index in [1.807, 2.05) is 6.92 Å². The maximum absolute atomic E-state index is 13.0. The SMILES string of the molecule is COc1ccc(NC(=O)c2cc(S(=O)(=O)N3CCC[C@H](C)C3)cn2C)c(OC)c1. The molecule has 1 aliphatic heterocycles. The molecule has 0 radical (unpaired) electrons. The Labute approximate surface area is 171 Å². The van der Waals surface area contributed by atoms with Gasteiger partial charge in [0, 0.05) is 32.4 Å². The highest BCUT2D eigenvalue weighted by molar-refractivity contribution is 7.89. The van der Waals surface area contributed by atoms with Crippen LogP contribution in [-0.2, 0) is 17.1 Å².